The van der Waals surface area contributed by atoms with Gasteiger partial charge < -0.3 is 25.5 Å². The molecule has 5 rings (SSSR count). The minimum Gasteiger partial charge on any atom is -0.486 e. The molecule has 4 heterocycles. The summed E-state index contributed by atoms with van der Waals surface area (Å²) < 4.78 is 13.0. The van der Waals surface area contributed by atoms with Crippen LogP contribution >= 0.6 is 0 Å². The van der Waals surface area contributed by atoms with Crippen LogP contribution in [0.4, 0.5) is 5.82 Å². The Hall–Kier alpha value is -4.08. The fourth-order valence-electron chi connectivity index (χ4n) is 4.14. The molecule has 176 valence electrons. The van der Waals surface area contributed by atoms with Gasteiger partial charge in [-0.25, -0.2) is 9.97 Å². The number of primary amides is 1. The normalized spacial score (nSPS) is 14.2. The number of anilines is 1. The van der Waals surface area contributed by atoms with Gasteiger partial charge in [0.25, 0.3) is 0 Å². The summed E-state index contributed by atoms with van der Waals surface area (Å²) in [5, 5.41) is 8.69. The van der Waals surface area contributed by atoms with Crippen molar-refractivity contribution in [1.82, 2.24) is 24.7 Å². The topological polar surface area (TPSA) is 133 Å². The highest BCUT2D eigenvalue weighted by Crippen LogP contribution is 2.41. The van der Waals surface area contributed by atoms with Crippen molar-refractivity contribution in [1.29, 1.82) is 0 Å². The second-order valence-electron chi connectivity index (χ2n) is 9.41. The van der Waals surface area contributed by atoms with Crippen molar-refractivity contribution in [2.24, 2.45) is 11.1 Å². The third-order valence-electron chi connectivity index (χ3n) is 5.73. The molecule has 10 heteroatoms. The molecular formula is C24H27N7O3. The van der Waals surface area contributed by atoms with E-state index in [4.69, 9.17) is 15.2 Å². The number of ether oxygens (including phenoxy) is 2. The number of nitrogens with one attached hydrogen (secondary N) is 2. The van der Waals surface area contributed by atoms with Crippen molar-refractivity contribution in [3.8, 4) is 22.8 Å². The van der Waals surface area contributed by atoms with Crippen LogP contribution in [0.3, 0.4) is 0 Å². The van der Waals surface area contributed by atoms with Crippen molar-refractivity contribution in [3.63, 3.8) is 0 Å². The van der Waals surface area contributed by atoms with E-state index >= 15 is 0 Å². The Labute approximate surface area is 196 Å². The van der Waals surface area contributed by atoms with E-state index in [-0.39, 0.29) is 18.0 Å². The van der Waals surface area contributed by atoms with E-state index < -0.39 is 5.91 Å². The van der Waals surface area contributed by atoms with E-state index in [0.29, 0.717) is 24.7 Å². The van der Waals surface area contributed by atoms with Crippen LogP contribution < -0.4 is 20.5 Å². The lowest BCUT2D eigenvalue weighted by Crippen LogP contribution is -2.26. The van der Waals surface area contributed by atoms with E-state index in [0.717, 1.165) is 33.7 Å². The smallest absolute Gasteiger partial charge is 0.239 e. The van der Waals surface area contributed by atoms with Gasteiger partial charge in [-0.2, -0.15) is 5.10 Å². The number of fused-ring (bicyclic) bond motifs is 2. The second-order valence-corrected chi connectivity index (χ2v) is 9.41. The molecule has 0 saturated heterocycles. The molecule has 0 spiro atoms. The van der Waals surface area contributed by atoms with Gasteiger partial charge in [-0.3, -0.25) is 9.48 Å². The van der Waals surface area contributed by atoms with Crippen molar-refractivity contribution >= 4 is 22.8 Å². The molecule has 3 aromatic heterocycles. The molecule has 1 aliphatic rings. The fourth-order valence-corrected chi connectivity index (χ4v) is 4.14. The number of aromatic nitrogens is 5. The zero-order valence-corrected chi connectivity index (χ0v) is 19.3. The average molecular weight is 462 g/mol. The van der Waals surface area contributed by atoms with E-state index in [1.54, 1.807) is 12.4 Å². The molecule has 1 amide bonds. The first kappa shape index (κ1) is 21.7. The molecule has 0 unspecified atom stereocenters. The average Bonchev–Trinajstić information content (AvgIpc) is 3.43. The van der Waals surface area contributed by atoms with Crippen molar-refractivity contribution in [2.75, 3.05) is 18.5 Å². The molecule has 34 heavy (non-hydrogen) atoms. The number of benzene rings is 1. The highest BCUT2D eigenvalue weighted by Gasteiger charge is 2.29. The Morgan fingerprint density at radius 2 is 2.00 bits per heavy atom. The lowest BCUT2D eigenvalue weighted by molar-refractivity contribution is -0.118. The van der Waals surface area contributed by atoms with E-state index in [9.17, 15) is 4.79 Å². The van der Waals surface area contributed by atoms with Gasteiger partial charge in [0.05, 0.1) is 23.3 Å². The summed E-state index contributed by atoms with van der Waals surface area (Å²) in [7, 11) is 0. The van der Waals surface area contributed by atoms with Gasteiger partial charge in [-0.15, -0.1) is 0 Å². The van der Waals surface area contributed by atoms with Gasteiger partial charge in [0.15, 0.2) is 11.5 Å². The predicted octanol–water partition coefficient (Wildman–Crippen LogP) is 3.28. The monoisotopic (exact) mass is 461 g/mol. The minimum absolute atomic E-state index is 0.0234. The number of nitrogens with zero attached hydrogens (tertiary/aromatic N) is 4. The van der Waals surface area contributed by atoms with Crippen LogP contribution in [0.25, 0.3) is 22.3 Å². The van der Waals surface area contributed by atoms with Crippen molar-refractivity contribution in [2.45, 2.75) is 33.4 Å². The van der Waals surface area contributed by atoms with E-state index in [1.807, 2.05) is 18.2 Å². The lowest BCUT2D eigenvalue weighted by atomic mass is 9.82. The fraction of sp³-hybridized carbons (Fsp3) is 0.333. The molecule has 0 aliphatic carbocycles. The standard InChI is InChI=1S/C24H27N7O3/c1-24(2,3)21(14-4-5-18-19(8-14)34-7-6-33-18)30-23-16-9-17(29-22(16)26-13-27-23)15-10-28-31(11-15)12-20(25)32/h4-5,8-11,13,21H,6-7,12H2,1-3H3,(H2,25,32)(H2,26,27,29,30)/t21-/m1/s1. The number of hydrogen-bond donors (Lipinski definition) is 3. The van der Waals surface area contributed by atoms with E-state index in [2.05, 4.69) is 52.2 Å². The minimum atomic E-state index is -0.448. The molecule has 0 saturated carbocycles. The number of nitrogens with two attached hydrogens (primary N) is 1. The van der Waals surface area contributed by atoms with Crippen LogP contribution in [-0.4, -0.2) is 43.9 Å². The van der Waals surface area contributed by atoms with Crippen LogP contribution in [0.15, 0.2) is 43.0 Å². The molecule has 0 fully saturated rings. The van der Waals surface area contributed by atoms with Gasteiger partial charge in [-0.05, 0) is 29.2 Å². The van der Waals surface area contributed by atoms with E-state index in [1.165, 1.54) is 11.0 Å². The SMILES string of the molecule is CC(C)(C)[C@H](Nc1ncnc2[nH]c(-c3cnn(CC(N)=O)c3)cc12)c1ccc2c(c1)OCCO2. The summed E-state index contributed by atoms with van der Waals surface area (Å²) in [5.41, 5.74) is 8.56. The third-order valence-corrected chi connectivity index (χ3v) is 5.73. The maximum absolute atomic E-state index is 11.2. The number of H-pyrrole nitrogens is 1. The summed E-state index contributed by atoms with van der Waals surface area (Å²) in [5.74, 6) is 1.78. The van der Waals surface area contributed by atoms with Gasteiger partial charge in [-0.1, -0.05) is 26.8 Å². The van der Waals surface area contributed by atoms with Crippen molar-refractivity contribution in [3.05, 3.63) is 48.5 Å². The molecule has 0 bridgehead atoms. The van der Waals surface area contributed by atoms with Crippen LogP contribution in [0.2, 0.25) is 0 Å². The largest absolute Gasteiger partial charge is 0.486 e. The predicted molar refractivity (Wildman–Crippen MR) is 128 cm³/mol. The second kappa shape index (κ2) is 8.36. The van der Waals surface area contributed by atoms with Gasteiger partial charge in [0.1, 0.15) is 37.6 Å². The summed E-state index contributed by atoms with van der Waals surface area (Å²) in [4.78, 5) is 23.4. The zero-order valence-electron chi connectivity index (χ0n) is 19.3. The lowest BCUT2D eigenvalue weighted by Gasteiger charge is -2.33. The summed E-state index contributed by atoms with van der Waals surface area (Å²) in [6.45, 7) is 7.65. The molecular weight excluding hydrogens is 434 g/mol. The summed E-state index contributed by atoms with van der Waals surface area (Å²) in [6.07, 6.45) is 4.98. The third kappa shape index (κ3) is 4.26. The first-order chi connectivity index (χ1) is 16.3. The Bertz CT molecular complexity index is 1350. The quantitative estimate of drug-likeness (QED) is 0.401. The Morgan fingerprint density at radius 3 is 2.76 bits per heavy atom. The number of rotatable bonds is 6. The molecule has 1 aromatic carbocycles. The molecule has 4 N–H and O–H groups in total. The first-order valence-corrected chi connectivity index (χ1v) is 11.1. The molecule has 10 nitrogen and oxygen atoms in total. The molecule has 4 aromatic rings. The summed E-state index contributed by atoms with van der Waals surface area (Å²) in [6, 6.07) is 7.97. The van der Waals surface area contributed by atoms with Gasteiger partial charge in [0.2, 0.25) is 5.91 Å². The van der Waals surface area contributed by atoms with Gasteiger partial charge in [0, 0.05) is 11.8 Å². The van der Waals surface area contributed by atoms with Crippen LogP contribution in [0.5, 0.6) is 11.5 Å². The van der Waals surface area contributed by atoms with Crippen molar-refractivity contribution < 1.29 is 14.3 Å². The molecule has 0 radical (unpaired) electrons. The Balaban J connectivity index is 1.49. The number of carbonyl (C=O) groups excluding carboxylic acids is 1. The number of amides is 1. The number of hydrogen-bond acceptors (Lipinski definition) is 7. The summed E-state index contributed by atoms with van der Waals surface area (Å²) >= 11 is 0. The first-order valence-electron chi connectivity index (χ1n) is 11.1. The Morgan fingerprint density at radius 1 is 1.21 bits per heavy atom. The van der Waals surface area contributed by atoms with Crippen LogP contribution in [0, 0.1) is 5.41 Å². The maximum Gasteiger partial charge on any atom is 0.239 e. The van der Waals surface area contributed by atoms with Crippen LogP contribution in [-0.2, 0) is 11.3 Å². The van der Waals surface area contributed by atoms with Gasteiger partial charge >= 0.3 is 0 Å². The Kier molecular flexibility index (Phi) is 5.35. The number of aromatic amines is 1. The highest BCUT2D eigenvalue weighted by molar-refractivity contribution is 5.91. The molecule has 1 atom stereocenters. The number of carbonyl (C=O) groups is 1. The molecule has 1 aliphatic heterocycles. The van der Waals surface area contributed by atoms with Crippen LogP contribution in [0.1, 0.15) is 32.4 Å². The zero-order chi connectivity index (χ0) is 23.9. The highest BCUT2D eigenvalue weighted by atomic mass is 16.6. The maximum atomic E-state index is 11.2.